The molecular weight excluding hydrogens is 480 g/mol. The molecule has 2 aromatic carbocycles. The fourth-order valence-electron chi connectivity index (χ4n) is 4.22. The number of hydrogen-bond donors (Lipinski definition) is 1. The number of benzene rings is 2. The van der Waals surface area contributed by atoms with Gasteiger partial charge in [0.1, 0.15) is 29.4 Å². The van der Waals surface area contributed by atoms with Crippen LogP contribution in [0.25, 0.3) is 0 Å². The van der Waals surface area contributed by atoms with E-state index in [1.807, 2.05) is 24.3 Å². The quantitative estimate of drug-likeness (QED) is 0.540. The summed E-state index contributed by atoms with van der Waals surface area (Å²) in [5.41, 5.74) is 0.616. The normalized spacial score (nSPS) is 16.7. The van der Waals surface area contributed by atoms with Gasteiger partial charge in [-0.15, -0.1) is 0 Å². The minimum absolute atomic E-state index is 0.158. The Balaban J connectivity index is 1.93. The van der Waals surface area contributed by atoms with Gasteiger partial charge in [0.2, 0.25) is 15.9 Å². The van der Waals surface area contributed by atoms with E-state index >= 15 is 0 Å². The number of amides is 1. The van der Waals surface area contributed by atoms with Gasteiger partial charge in [0.25, 0.3) is 0 Å². The standard InChI is InChI=1S/C24H31ClN2O6S/c1-6-24(7-2)14-18(16-10-8-9-11-20(16)33-24)26-23(28)15-27(34(5,29)30)19-13-21(31-3)17(25)12-22(19)32-4/h8-13,18H,6-7,14-15H2,1-5H3,(H,26,28). The highest BCUT2D eigenvalue weighted by molar-refractivity contribution is 7.92. The first-order valence-electron chi connectivity index (χ1n) is 11.0. The smallest absolute Gasteiger partial charge is 0.241 e. The molecule has 1 N–H and O–H groups in total. The molecule has 0 spiro atoms. The van der Waals surface area contributed by atoms with Crippen LogP contribution < -0.4 is 23.8 Å². The lowest BCUT2D eigenvalue weighted by molar-refractivity contribution is -0.121. The number of fused-ring (bicyclic) bond motifs is 1. The van der Waals surface area contributed by atoms with E-state index in [4.69, 9.17) is 25.8 Å². The molecule has 0 aromatic heterocycles. The first-order valence-corrected chi connectivity index (χ1v) is 13.3. The molecule has 0 aliphatic carbocycles. The third kappa shape index (κ3) is 5.36. The van der Waals surface area contributed by atoms with Gasteiger partial charge >= 0.3 is 0 Å². The van der Waals surface area contributed by atoms with Gasteiger partial charge in [-0.1, -0.05) is 43.6 Å². The third-order valence-corrected chi connectivity index (χ3v) is 7.65. The Morgan fingerprint density at radius 2 is 1.82 bits per heavy atom. The van der Waals surface area contributed by atoms with Crippen LogP contribution in [-0.2, 0) is 14.8 Å². The number of anilines is 1. The van der Waals surface area contributed by atoms with Crippen molar-refractivity contribution in [2.45, 2.75) is 44.8 Å². The summed E-state index contributed by atoms with van der Waals surface area (Å²) in [5, 5.41) is 3.28. The molecule has 1 aliphatic rings. The number of rotatable bonds is 9. The summed E-state index contributed by atoms with van der Waals surface area (Å²) in [6.07, 6.45) is 3.17. The number of methoxy groups -OCH3 is 2. The number of sulfonamides is 1. The number of nitrogens with zero attached hydrogens (tertiary/aromatic N) is 1. The van der Waals surface area contributed by atoms with Gasteiger partial charge in [0.15, 0.2) is 0 Å². The number of carbonyl (C=O) groups excluding carboxylic acids is 1. The zero-order valence-electron chi connectivity index (χ0n) is 20.1. The minimum Gasteiger partial charge on any atom is -0.495 e. The molecule has 0 saturated carbocycles. The van der Waals surface area contributed by atoms with Crippen LogP contribution in [0.15, 0.2) is 36.4 Å². The predicted octanol–water partition coefficient (Wildman–Crippen LogP) is 4.32. The van der Waals surface area contributed by atoms with E-state index in [9.17, 15) is 13.2 Å². The average molecular weight is 511 g/mol. The van der Waals surface area contributed by atoms with E-state index in [0.29, 0.717) is 6.42 Å². The third-order valence-electron chi connectivity index (χ3n) is 6.23. The fraction of sp³-hybridized carbons (Fsp3) is 0.458. The van der Waals surface area contributed by atoms with Gasteiger partial charge in [-0.05, 0) is 18.9 Å². The van der Waals surface area contributed by atoms with E-state index in [1.54, 1.807) is 0 Å². The van der Waals surface area contributed by atoms with Crippen LogP contribution in [0, 0.1) is 0 Å². The Bertz CT molecular complexity index is 1150. The molecule has 3 rings (SSSR count). The highest BCUT2D eigenvalue weighted by Crippen LogP contribution is 2.43. The molecule has 1 atom stereocenters. The van der Waals surface area contributed by atoms with Gasteiger partial charge in [-0.2, -0.15) is 0 Å². The fourth-order valence-corrected chi connectivity index (χ4v) is 5.30. The van der Waals surface area contributed by atoms with Crippen molar-refractivity contribution >= 4 is 33.2 Å². The van der Waals surface area contributed by atoms with Crippen LogP contribution in [0.4, 0.5) is 5.69 Å². The van der Waals surface area contributed by atoms with E-state index in [1.165, 1.54) is 26.4 Å². The van der Waals surface area contributed by atoms with Crippen molar-refractivity contribution in [2.75, 3.05) is 31.3 Å². The van der Waals surface area contributed by atoms with Gasteiger partial charge in [-0.25, -0.2) is 8.42 Å². The molecule has 1 unspecified atom stereocenters. The second-order valence-electron chi connectivity index (χ2n) is 8.28. The van der Waals surface area contributed by atoms with Crippen molar-refractivity contribution in [2.24, 2.45) is 0 Å². The van der Waals surface area contributed by atoms with Crippen molar-refractivity contribution < 1.29 is 27.4 Å². The largest absolute Gasteiger partial charge is 0.495 e. The summed E-state index contributed by atoms with van der Waals surface area (Å²) in [7, 11) is -1.03. The van der Waals surface area contributed by atoms with Crippen molar-refractivity contribution in [3.63, 3.8) is 0 Å². The first kappa shape index (κ1) is 26.0. The highest BCUT2D eigenvalue weighted by atomic mass is 35.5. The lowest BCUT2D eigenvalue weighted by Gasteiger charge is -2.41. The molecule has 0 radical (unpaired) electrons. The predicted molar refractivity (Wildman–Crippen MR) is 133 cm³/mol. The lowest BCUT2D eigenvalue weighted by atomic mass is 9.83. The Morgan fingerprint density at radius 1 is 1.18 bits per heavy atom. The number of ether oxygens (including phenoxy) is 3. The molecule has 1 heterocycles. The SMILES string of the molecule is CCC1(CC)CC(NC(=O)CN(c2cc(OC)c(Cl)cc2OC)S(C)(=O)=O)c2ccccc2O1. The van der Waals surface area contributed by atoms with Gasteiger partial charge < -0.3 is 19.5 Å². The zero-order valence-corrected chi connectivity index (χ0v) is 21.6. The Hall–Kier alpha value is -2.65. The number of carbonyl (C=O) groups is 1. The van der Waals surface area contributed by atoms with E-state index in [0.717, 1.165) is 34.7 Å². The minimum atomic E-state index is -3.85. The topological polar surface area (TPSA) is 94.2 Å². The number of hydrogen-bond acceptors (Lipinski definition) is 6. The molecule has 8 nitrogen and oxygen atoms in total. The first-order chi connectivity index (χ1) is 16.1. The summed E-state index contributed by atoms with van der Waals surface area (Å²) < 4.78 is 43.3. The summed E-state index contributed by atoms with van der Waals surface area (Å²) in [6, 6.07) is 10.2. The van der Waals surface area contributed by atoms with Gasteiger partial charge in [0, 0.05) is 24.1 Å². The molecule has 0 bridgehead atoms. The van der Waals surface area contributed by atoms with E-state index in [-0.39, 0.29) is 28.3 Å². The molecule has 1 amide bonds. The van der Waals surface area contributed by atoms with Gasteiger partial charge in [0.05, 0.1) is 37.2 Å². The van der Waals surface area contributed by atoms with Crippen LogP contribution in [0.3, 0.4) is 0 Å². The van der Waals surface area contributed by atoms with Crippen molar-refractivity contribution in [1.82, 2.24) is 5.32 Å². The van der Waals surface area contributed by atoms with Crippen LogP contribution in [0.2, 0.25) is 5.02 Å². The molecule has 2 aromatic rings. The second kappa shape index (κ2) is 10.3. The molecule has 10 heteroatoms. The van der Waals surface area contributed by atoms with E-state index in [2.05, 4.69) is 19.2 Å². The maximum absolute atomic E-state index is 13.2. The molecule has 1 aliphatic heterocycles. The van der Waals surface area contributed by atoms with E-state index < -0.39 is 28.1 Å². The number of nitrogens with one attached hydrogen (secondary N) is 1. The molecule has 0 fully saturated rings. The molecule has 0 saturated heterocycles. The van der Waals surface area contributed by atoms with Crippen LogP contribution in [-0.4, -0.2) is 46.9 Å². The average Bonchev–Trinajstić information content (AvgIpc) is 2.81. The highest BCUT2D eigenvalue weighted by Gasteiger charge is 2.39. The molecule has 34 heavy (non-hydrogen) atoms. The zero-order chi connectivity index (χ0) is 25.1. The maximum Gasteiger partial charge on any atom is 0.241 e. The van der Waals surface area contributed by atoms with Crippen LogP contribution in [0.1, 0.15) is 44.7 Å². The lowest BCUT2D eigenvalue weighted by Crippen LogP contribution is -2.47. The Labute approximate surface area is 206 Å². The van der Waals surface area contributed by atoms with Crippen LogP contribution >= 0.6 is 11.6 Å². The van der Waals surface area contributed by atoms with Gasteiger partial charge in [-0.3, -0.25) is 9.10 Å². The summed E-state index contributed by atoms with van der Waals surface area (Å²) >= 11 is 6.17. The molecular formula is C24H31ClN2O6S. The summed E-state index contributed by atoms with van der Waals surface area (Å²) in [5.74, 6) is 0.744. The van der Waals surface area contributed by atoms with Crippen molar-refractivity contribution in [3.8, 4) is 17.2 Å². The van der Waals surface area contributed by atoms with Crippen LogP contribution in [0.5, 0.6) is 17.2 Å². The summed E-state index contributed by atoms with van der Waals surface area (Å²) in [6.45, 7) is 3.68. The Morgan fingerprint density at radius 3 is 2.41 bits per heavy atom. The maximum atomic E-state index is 13.2. The number of para-hydroxylation sites is 1. The van der Waals surface area contributed by atoms with Crippen molar-refractivity contribution in [1.29, 1.82) is 0 Å². The molecule has 186 valence electrons. The Kier molecular flexibility index (Phi) is 7.88. The summed E-state index contributed by atoms with van der Waals surface area (Å²) in [4.78, 5) is 13.2. The van der Waals surface area contributed by atoms with Crippen molar-refractivity contribution in [3.05, 3.63) is 47.0 Å². The second-order valence-corrected chi connectivity index (χ2v) is 10.6. The number of halogens is 1. The monoisotopic (exact) mass is 510 g/mol.